The van der Waals surface area contributed by atoms with Crippen LogP contribution in [0.1, 0.15) is 89.8 Å². The number of hydrogen-bond acceptors (Lipinski definition) is 2. The molecular weight excluding hydrogens is 585 g/mol. The number of benzene rings is 6. The van der Waals surface area contributed by atoms with Crippen LogP contribution in [0.3, 0.4) is 0 Å². The molecule has 0 aromatic heterocycles. The minimum absolute atomic E-state index is 0.00410. The molecule has 1 aliphatic rings. The molecule has 242 valence electrons. The van der Waals surface area contributed by atoms with Gasteiger partial charge in [-0.1, -0.05) is 161 Å². The van der Waals surface area contributed by atoms with Crippen molar-refractivity contribution in [3.8, 4) is 22.6 Å². The summed E-state index contributed by atoms with van der Waals surface area (Å²) in [6, 6.07) is 49.9. The van der Waals surface area contributed by atoms with E-state index in [2.05, 4.69) is 120 Å². The van der Waals surface area contributed by atoms with E-state index in [9.17, 15) is 4.79 Å². The highest BCUT2D eigenvalue weighted by molar-refractivity contribution is 6.09. The Hall–Kier alpha value is -5.21. The van der Waals surface area contributed by atoms with Crippen LogP contribution in [-0.4, -0.2) is 5.78 Å². The number of carbonyl (C=O) groups excluding carboxylic acids is 1. The molecule has 6 aromatic carbocycles. The van der Waals surface area contributed by atoms with Crippen LogP contribution in [0, 0.1) is 13.8 Å². The molecule has 7 rings (SSSR count). The molecule has 2 nitrogen and oxygen atoms in total. The third-order valence-electron chi connectivity index (χ3n) is 8.39. The Balaban J connectivity index is 0.000000701. The van der Waals surface area contributed by atoms with Crippen molar-refractivity contribution in [3.63, 3.8) is 0 Å². The Labute approximate surface area is 287 Å². The molecular formula is C46H46O2. The summed E-state index contributed by atoms with van der Waals surface area (Å²) in [5.41, 5.74) is 10.8. The van der Waals surface area contributed by atoms with Gasteiger partial charge in [0.1, 0.15) is 11.5 Å². The topological polar surface area (TPSA) is 26.3 Å². The Morgan fingerprint density at radius 3 is 1.25 bits per heavy atom. The summed E-state index contributed by atoms with van der Waals surface area (Å²) in [5.74, 6) is 1.44. The molecule has 0 heterocycles. The number of hydrogen-bond donors (Lipinski definition) is 0. The van der Waals surface area contributed by atoms with Gasteiger partial charge in [0.05, 0.1) is 5.41 Å². The molecule has 0 aliphatic heterocycles. The van der Waals surface area contributed by atoms with Gasteiger partial charge in [-0.2, -0.15) is 0 Å². The van der Waals surface area contributed by atoms with Crippen molar-refractivity contribution in [2.45, 2.75) is 59.8 Å². The van der Waals surface area contributed by atoms with Gasteiger partial charge >= 0.3 is 0 Å². The van der Waals surface area contributed by atoms with Crippen LogP contribution in [-0.2, 0) is 5.41 Å². The summed E-state index contributed by atoms with van der Waals surface area (Å²) in [4.78, 5) is 12.9. The van der Waals surface area contributed by atoms with Gasteiger partial charge in [0.2, 0.25) is 0 Å². The van der Waals surface area contributed by atoms with Crippen LogP contribution in [0.4, 0.5) is 0 Å². The van der Waals surface area contributed by atoms with Crippen LogP contribution >= 0.6 is 0 Å². The number of rotatable bonds is 6. The highest BCUT2D eigenvalue weighted by Gasteiger charge is 2.45. The fourth-order valence-electron chi connectivity index (χ4n) is 6.28. The van der Waals surface area contributed by atoms with E-state index < -0.39 is 5.41 Å². The maximum Gasteiger partial charge on any atom is 0.193 e. The average Bonchev–Trinajstić information content (AvgIpc) is 3.41. The smallest absolute Gasteiger partial charge is 0.193 e. The van der Waals surface area contributed by atoms with Gasteiger partial charge in [0.25, 0.3) is 0 Å². The molecule has 2 heteroatoms. The minimum Gasteiger partial charge on any atom is -0.457 e. The standard InChI is InChI=1S/C40H30O2.2C3H8/c1-27-11-15-29(16-12-27)39(41)30-17-23-33(24-18-30)42-34-25-21-32(22-26-34)40(31-19-13-28(2)14-20-31)37-9-5-3-7-35(37)36-8-4-6-10-38(36)40;2*1-3-2/h3-26H,1-2H3;2*3H2,1-2H3. The van der Waals surface area contributed by atoms with E-state index in [1.165, 1.54) is 51.8 Å². The molecule has 0 spiro atoms. The lowest BCUT2D eigenvalue weighted by Crippen LogP contribution is -2.28. The lowest BCUT2D eigenvalue weighted by atomic mass is 9.67. The first-order valence-corrected chi connectivity index (χ1v) is 17.1. The van der Waals surface area contributed by atoms with Gasteiger partial charge < -0.3 is 4.74 Å². The number of aryl methyl sites for hydroxylation is 2. The van der Waals surface area contributed by atoms with Crippen molar-refractivity contribution in [1.29, 1.82) is 0 Å². The lowest BCUT2D eigenvalue weighted by Gasteiger charge is -2.34. The number of fused-ring (bicyclic) bond motifs is 3. The van der Waals surface area contributed by atoms with Gasteiger partial charge in [-0.05, 0) is 83.6 Å². The second-order valence-electron chi connectivity index (χ2n) is 12.5. The van der Waals surface area contributed by atoms with Gasteiger partial charge in [-0.15, -0.1) is 0 Å². The summed E-state index contributed by atoms with van der Waals surface area (Å²) in [6.07, 6.45) is 2.50. The van der Waals surface area contributed by atoms with Crippen molar-refractivity contribution in [1.82, 2.24) is 0 Å². The Morgan fingerprint density at radius 1 is 0.479 bits per heavy atom. The maximum atomic E-state index is 12.9. The number of ketones is 1. The Morgan fingerprint density at radius 2 is 0.812 bits per heavy atom. The third-order valence-corrected chi connectivity index (χ3v) is 8.39. The molecule has 0 fully saturated rings. The molecule has 0 unspecified atom stereocenters. The molecule has 48 heavy (non-hydrogen) atoms. The zero-order valence-electron chi connectivity index (χ0n) is 29.1. The van der Waals surface area contributed by atoms with Gasteiger partial charge in [-0.25, -0.2) is 0 Å². The fourth-order valence-corrected chi connectivity index (χ4v) is 6.28. The van der Waals surface area contributed by atoms with Crippen LogP contribution in [0.5, 0.6) is 11.5 Å². The fraction of sp³-hybridized carbons (Fsp3) is 0.196. The quantitative estimate of drug-likeness (QED) is 0.171. The van der Waals surface area contributed by atoms with Gasteiger partial charge in [-0.3, -0.25) is 4.79 Å². The van der Waals surface area contributed by atoms with E-state index in [0.29, 0.717) is 16.9 Å². The predicted octanol–water partition coefficient (Wildman–Crippen LogP) is 12.5. The van der Waals surface area contributed by atoms with E-state index in [1.807, 2.05) is 67.6 Å². The molecule has 0 bridgehead atoms. The minimum atomic E-state index is -0.433. The number of ether oxygens (including phenoxy) is 1. The summed E-state index contributed by atoms with van der Waals surface area (Å²) in [7, 11) is 0. The van der Waals surface area contributed by atoms with E-state index in [4.69, 9.17) is 4.74 Å². The van der Waals surface area contributed by atoms with Crippen LogP contribution in [0.15, 0.2) is 146 Å². The van der Waals surface area contributed by atoms with Crippen molar-refractivity contribution in [2.24, 2.45) is 0 Å². The van der Waals surface area contributed by atoms with Crippen molar-refractivity contribution in [3.05, 3.63) is 190 Å². The maximum absolute atomic E-state index is 12.9. The molecule has 1 aliphatic carbocycles. The summed E-state index contributed by atoms with van der Waals surface area (Å²) in [5, 5.41) is 0. The summed E-state index contributed by atoms with van der Waals surface area (Å²) < 4.78 is 6.23. The summed E-state index contributed by atoms with van der Waals surface area (Å²) in [6.45, 7) is 12.6. The largest absolute Gasteiger partial charge is 0.457 e. The molecule has 0 N–H and O–H groups in total. The monoisotopic (exact) mass is 630 g/mol. The van der Waals surface area contributed by atoms with Crippen molar-refractivity contribution < 1.29 is 9.53 Å². The summed E-state index contributed by atoms with van der Waals surface area (Å²) >= 11 is 0. The molecule has 6 aromatic rings. The van der Waals surface area contributed by atoms with Crippen molar-refractivity contribution in [2.75, 3.05) is 0 Å². The zero-order valence-corrected chi connectivity index (χ0v) is 29.1. The third kappa shape index (κ3) is 6.89. The van der Waals surface area contributed by atoms with Crippen molar-refractivity contribution >= 4 is 5.78 Å². The predicted molar refractivity (Wildman–Crippen MR) is 202 cm³/mol. The molecule has 0 saturated carbocycles. The van der Waals surface area contributed by atoms with Gasteiger partial charge in [0.15, 0.2) is 5.78 Å². The highest BCUT2D eigenvalue weighted by Crippen LogP contribution is 2.56. The number of carbonyl (C=O) groups is 1. The highest BCUT2D eigenvalue weighted by atomic mass is 16.5. The average molecular weight is 631 g/mol. The normalized spacial score (nSPS) is 12.0. The van der Waals surface area contributed by atoms with Gasteiger partial charge in [0, 0.05) is 11.1 Å². The van der Waals surface area contributed by atoms with E-state index in [1.54, 1.807) is 0 Å². The Bertz CT molecular complexity index is 1880. The van der Waals surface area contributed by atoms with E-state index in [-0.39, 0.29) is 5.78 Å². The van der Waals surface area contributed by atoms with Crippen LogP contribution < -0.4 is 4.74 Å². The SMILES string of the molecule is CCC.CCC.Cc1ccc(C(=O)c2ccc(Oc3ccc(C4(c5ccc(C)cc5)c5ccccc5-c5ccccc54)cc3)cc2)cc1. The second kappa shape index (κ2) is 15.6. The molecule has 0 radical (unpaired) electrons. The first kappa shape index (κ1) is 34.1. The van der Waals surface area contributed by atoms with E-state index in [0.717, 1.165) is 11.3 Å². The molecule has 0 amide bonds. The Kier molecular flexibility index (Phi) is 11.1. The lowest BCUT2D eigenvalue weighted by molar-refractivity contribution is 0.103. The molecule has 0 atom stereocenters. The van der Waals surface area contributed by atoms with Crippen LogP contribution in [0.25, 0.3) is 11.1 Å². The first-order chi connectivity index (χ1) is 23.4. The second-order valence-corrected chi connectivity index (χ2v) is 12.5. The van der Waals surface area contributed by atoms with E-state index >= 15 is 0 Å². The molecule has 0 saturated heterocycles. The first-order valence-electron chi connectivity index (χ1n) is 17.1. The zero-order chi connectivity index (χ0) is 34.1. The van der Waals surface area contributed by atoms with Crippen LogP contribution in [0.2, 0.25) is 0 Å².